The van der Waals surface area contributed by atoms with Gasteiger partial charge in [0.25, 0.3) is 5.91 Å². The predicted octanol–water partition coefficient (Wildman–Crippen LogP) is -3.37. The van der Waals surface area contributed by atoms with E-state index in [-0.39, 0.29) is 22.7 Å². The van der Waals surface area contributed by atoms with Gasteiger partial charge in [0.15, 0.2) is 29.8 Å². The lowest BCUT2D eigenvalue weighted by atomic mass is 10.1. The number of carbonyl (C=O) groups is 1. The Morgan fingerprint density at radius 2 is 1.56 bits per heavy atom. The molecule has 0 saturated carbocycles. The van der Waals surface area contributed by atoms with Gasteiger partial charge in [-0.1, -0.05) is 0 Å². The molecular formula is C19H28N8O13P2S. The Bertz CT molecular complexity index is 1500. The molecule has 238 valence electrons. The summed E-state index contributed by atoms with van der Waals surface area (Å²) in [6.07, 6.45) is -9.04. The summed E-state index contributed by atoms with van der Waals surface area (Å²) in [6, 6.07) is 0. The van der Waals surface area contributed by atoms with Gasteiger partial charge in [-0.3, -0.25) is 18.5 Å². The number of nitrogens with zero attached hydrogens (tertiary/aromatic N) is 5. The van der Waals surface area contributed by atoms with Crippen LogP contribution in [0.15, 0.2) is 23.8 Å². The van der Waals surface area contributed by atoms with Gasteiger partial charge in [0, 0.05) is 5.41 Å². The summed E-state index contributed by atoms with van der Waals surface area (Å²) < 4.78 is 48.5. The highest BCUT2D eigenvalue weighted by atomic mass is 32.2. The number of nitrogens with two attached hydrogens (primary N) is 2. The standard InChI is InChI=1S/C19H28N8O13P2S/c20-15-10-17(23-4-22-15)26(5-24-10)18-13(30)11(28)8(39-18)1-37-41(33,34)6-42(35,36)38-2-9-12(29)14(31)19(40-9)27-25-7(3-43-27)16(21)32/h3-5,8-9,11-14,18-19,25,28-31H,1-2,6H2,(H2,21,32)(H,33,34)(H,35,36)(H2,20,22,23)/t8?,9-,11?,12-,13?,14-,18?,19-/m1/s1. The fraction of sp³-hybridized carbons (Fsp3) is 0.579. The van der Waals surface area contributed by atoms with Crippen LogP contribution in [-0.4, -0.2) is 122 Å². The number of aliphatic hydroxyl groups excluding tert-OH is 4. The summed E-state index contributed by atoms with van der Waals surface area (Å²) in [7, 11) is -9.73. The van der Waals surface area contributed by atoms with Crippen molar-refractivity contribution < 1.29 is 62.7 Å². The number of aromatic nitrogens is 4. The van der Waals surface area contributed by atoms with Crippen LogP contribution < -0.4 is 16.9 Å². The van der Waals surface area contributed by atoms with E-state index >= 15 is 0 Å². The molecule has 2 aromatic heterocycles. The largest absolute Gasteiger partial charge is 0.387 e. The summed E-state index contributed by atoms with van der Waals surface area (Å²) in [5.74, 6) is -2.10. The predicted molar refractivity (Wildman–Crippen MR) is 143 cm³/mol. The fourth-order valence-corrected chi connectivity index (χ4v) is 8.47. The van der Waals surface area contributed by atoms with Crippen molar-refractivity contribution in [2.75, 3.05) is 24.9 Å². The number of hydrogen-bond acceptors (Lipinski definition) is 18. The van der Waals surface area contributed by atoms with Crippen molar-refractivity contribution in [1.29, 1.82) is 0 Å². The average Bonchev–Trinajstić information content (AvgIpc) is 3.70. The SMILES string of the molecule is NC(=O)C1=CSN([C@@H]2O[C@H](COP(=O)(O)CP(=O)(O)OCC3OC(n4cnc5c(N)ncnc54)C(O)C3O)[C@@H](O)[C@H]2O)N1. The monoisotopic (exact) mass is 670 g/mol. The van der Waals surface area contributed by atoms with E-state index in [0.29, 0.717) is 0 Å². The summed E-state index contributed by atoms with van der Waals surface area (Å²) >= 11 is 0.905. The first-order chi connectivity index (χ1) is 20.2. The lowest BCUT2D eigenvalue weighted by molar-refractivity contribution is -0.116. The van der Waals surface area contributed by atoms with E-state index in [4.69, 9.17) is 30.0 Å². The molecule has 0 spiro atoms. The third-order valence-corrected chi connectivity index (χ3v) is 11.4. The molecular weight excluding hydrogens is 642 g/mol. The third-order valence-electron chi connectivity index (χ3n) is 6.59. The van der Waals surface area contributed by atoms with Crippen LogP contribution in [0, 0.1) is 0 Å². The van der Waals surface area contributed by atoms with Crippen LogP contribution in [0.5, 0.6) is 0 Å². The molecule has 0 aromatic carbocycles. The van der Waals surface area contributed by atoms with Gasteiger partial charge in [-0.2, -0.15) is 0 Å². The minimum atomic E-state index is -4.86. The first-order valence-electron chi connectivity index (χ1n) is 12.3. The molecule has 0 bridgehead atoms. The quantitative estimate of drug-likeness (QED) is 0.0832. The smallest absolute Gasteiger partial charge is 0.340 e. The van der Waals surface area contributed by atoms with Crippen molar-refractivity contribution in [1.82, 2.24) is 29.4 Å². The van der Waals surface area contributed by atoms with Crippen molar-refractivity contribution in [2.45, 2.75) is 49.1 Å². The lowest BCUT2D eigenvalue weighted by Gasteiger charge is -2.25. The summed E-state index contributed by atoms with van der Waals surface area (Å²) in [5.41, 5.74) is 13.9. The van der Waals surface area contributed by atoms with E-state index in [1.54, 1.807) is 0 Å². The lowest BCUT2D eigenvalue weighted by Crippen LogP contribution is -2.46. The number of imidazole rings is 1. The maximum Gasteiger partial charge on any atom is 0.340 e. The van der Waals surface area contributed by atoms with Crippen LogP contribution in [0.3, 0.4) is 0 Å². The number of nitrogen functional groups attached to an aromatic ring is 1. The summed E-state index contributed by atoms with van der Waals surface area (Å²) in [5, 5.41) is 42.9. The zero-order chi connectivity index (χ0) is 31.3. The van der Waals surface area contributed by atoms with Gasteiger partial charge in [0.2, 0.25) is 0 Å². The Kier molecular flexibility index (Phi) is 9.16. The van der Waals surface area contributed by atoms with Crippen LogP contribution >= 0.6 is 27.1 Å². The van der Waals surface area contributed by atoms with Crippen molar-refractivity contribution >= 4 is 50.0 Å². The van der Waals surface area contributed by atoms with Gasteiger partial charge in [-0.05, 0) is 11.9 Å². The van der Waals surface area contributed by atoms with Gasteiger partial charge in [0.1, 0.15) is 54.2 Å². The van der Waals surface area contributed by atoms with Crippen LogP contribution in [0.4, 0.5) is 5.82 Å². The minimum Gasteiger partial charge on any atom is -0.387 e. The number of rotatable bonds is 11. The number of fused-ring (bicyclic) bond motifs is 1. The maximum absolute atomic E-state index is 12.6. The Labute approximate surface area is 245 Å². The van der Waals surface area contributed by atoms with Crippen LogP contribution in [0.1, 0.15) is 6.23 Å². The number of primary amides is 1. The van der Waals surface area contributed by atoms with E-state index in [9.17, 15) is 44.1 Å². The van der Waals surface area contributed by atoms with Crippen LogP contribution in [0.2, 0.25) is 0 Å². The van der Waals surface area contributed by atoms with E-state index in [2.05, 4.69) is 20.4 Å². The van der Waals surface area contributed by atoms with Crippen LogP contribution in [0.25, 0.3) is 11.2 Å². The zero-order valence-electron chi connectivity index (χ0n) is 21.7. The van der Waals surface area contributed by atoms with E-state index in [1.807, 2.05) is 0 Å². The highest BCUT2D eigenvalue weighted by Crippen LogP contribution is 2.58. The molecule has 5 rings (SSSR count). The van der Waals surface area contributed by atoms with E-state index in [0.717, 1.165) is 18.3 Å². The number of aliphatic hydroxyl groups is 4. The highest BCUT2D eigenvalue weighted by molar-refractivity contribution is 8.00. The fourth-order valence-electron chi connectivity index (χ4n) is 4.42. The molecule has 0 radical (unpaired) electrons. The molecule has 1 amide bonds. The molecule has 2 aromatic rings. The van der Waals surface area contributed by atoms with Crippen molar-refractivity contribution in [3.05, 3.63) is 23.8 Å². The zero-order valence-corrected chi connectivity index (χ0v) is 24.3. The minimum absolute atomic E-state index is 0.00377. The normalized spacial score (nSPS) is 34.1. The number of ether oxygens (including phenoxy) is 2. The second-order valence-corrected chi connectivity index (χ2v) is 14.7. The molecule has 3 aliphatic heterocycles. The number of nitrogens with one attached hydrogen (secondary N) is 1. The Morgan fingerprint density at radius 1 is 0.977 bits per heavy atom. The second-order valence-electron chi connectivity index (χ2n) is 9.62. The van der Waals surface area contributed by atoms with Gasteiger partial charge in [-0.15, -0.1) is 4.41 Å². The summed E-state index contributed by atoms with van der Waals surface area (Å²) in [4.78, 5) is 43.6. The molecule has 6 unspecified atom stereocenters. The number of amides is 1. The Balaban J connectivity index is 1.13. The van der Waals surface area contributed by atoms with Gasteiger partial charge in [0.05, 0.1) is 19.5 Å². The number of carbonyl (C=O) groups excluding carboxylic acids is 1. The van der Waals surface area contributed by atoms with Gasteiger partial charge < -0.3 is 65.6 Å². The molecule has 2 saturated heterocycles. The Morgan fingerprint density at radius 3 is 2.14 bits per heavy atom. The van der Waals surface area contributed by atoms with Gasteiger partial charge >= 0.3 is 15.2 Å². The second kappa shape index (κ2) is 12.3. The molecule has 24 heteroatoms. The third kappa shape index (κ3) is 6.72. The molecule has 10 atom stereocenters. The maximum atomic E-state index is 12.6. The van der Waals surface area contributed by atoms with Crippen LogP contribution in [-0.2, 0) is 32.4 Å². The molecule has 3 aliphatic rings. The highest BCUT2D eigenvalue weighted by Gasteiger charge is 2.49. The first kappa shape index (κ1) is 32.1. The average molecular weight is 670 g/mol. The molecule has 11 N–H and O–H groups in total. The van der Waals surface area contributed by atoms with Crippen molar-refractivity contribution in [2.24, 2.45) is 5.73 Å². The molecule has 0 aliphatic carbocycles. The number of hydrazine groups is 1. The number of anilines is 1. The number of hydrogen-bond donors (Lipinski definition) is 9. The summed E-state index contributed by atoms with van der Waals surface area (Å²) in [6.45, 7) is -1.55. The van der Waals surface area contributed by atoms with E-state index in [1.165, 1.54) is 20.7 Å². The molecule has 21 nitrogen and oxygen atoms in total. The topological polar surface area (TPSA) is 320 Å². The van der Waals surface area contributed by atoms with E-state index < -0.39 is 89.3 Å². The van der Waals surface area contributed by atoms with Crippen molar-refractivity contribution in [3.8, 4) is 0 Å². The molecule has 5 heterocycles. The van der Waals surface area contributed by atoms with Gasteiger partial charge in [-0.25, -0.2) is 15.0 Å². The molecule has 2 fully saturated rings. The van der Waals surface area contributed by atoms with Crippen molar-refractivity contribution in [3.63, 3.8) is 0 Å². The molecule has 43 heavy (non-hydrogen) atoms. The Hall–Kier alpha value is -2.27. The first-order valence-corrected chi connectivity index (χ1v) is 16.6.